The fraction of sp³-hybridized carbons (Fsp3) is 0.467. The molecule has 3 nitrogen and oxygen atoms in total. The molecular formula is C15H19N3S. The molecule has 100 valence electrons. The fourth-order valence-electron chi connectivity index (χ4n) is 3.33. The zero-order chi connectivity index (χ0) is 13.1. The normalized spacial score (nSPS) is 28.7. The van der Waals surface area contributed by atoms with Gasteiger partial charge in [-0.05, 0) is 48.9 Å². The van der Waals surface area contributed by atoms with Crippen molar-refractivity contribution in [1.82, 2.24) is 10.7 Å². The number of nitrogens with zero attached hydrogens (tertiary/aromatic N) is 1. The minimum absolute atomic E-state index is 0.561. The average molecular weight is 273 g/mol. The summed E-state index contributed by atoms with van der Waals surface area (Å²) in [5.74, 6) is 1.75. The largest absolute Gasteiger partial charge is 0.358 e. The Balaban J connectivity index is 1.46. The summed E-state index contributed by atoms with van der Waals surface area (Å²) < 4.78 is 0. The van der Waals surface area contributed by atoms with Gasteiger partial charge in [-0.25, -0.2) is 0 Å². The van der Waals surface area contributed by atoms with Crippen molar-refractivity contribution < 1.29 is 0 Å². The highest BCUT2D eigenvalue weighted by atomic mass is 32.1. The van der Waals surface area contributed by atoms with E-state index in [9.17, 15) is 0 Å². The molecule has 0 saturated heterocycles. The quantitative estimate of drug-likeness (QED) is 0.505. The molecule has 1 aromatic rings. The molecule has 4 heteroatoms. The topological polar surface area (TPSA) is 36.4 Å². The van der Waals surface area contributed by atoms with E-state index in [-0.39, 0.29) is 0 Å². The average Bonchev–Trinajstić information content (AvgIpc) is 3.02. The molecule has 19 heavy (non-hydrogen) atoms. The molecule has 2 aliphatic rings. The van der Waals surface area contributed by atoms with E-state index in [1.165, 1.54) is 25.7 Å². The van der Waals surface area contributed by atoms with E-state index in [1.54, 1.807) is 6.21 Å². The van der Waals surface area contributed by atoms with Gasteiger partial charge in [0.15, 0.2) is 5.11 Å². The van der Waals surface area contributed by atoms with Crippen molar-refractivity contribution in [2.75, 3.05) is 0 Å². The standard InChI is InChI=1S/C15H19N3S/c19-15(17-14-9-12-6-7-13(14)8-12)18-16-10-11-4-2-1-3-5-11/h1-5,10,12-14H,6-9H2,(H2,17,18,19)/b16-10-/t12-,13-,14+/m0/s1. The number of hydrazone groups is 1. The molecule has 3 atom stereocenters. The van der Waals surface area contributed by atoms with Crippen molar-refractivity contribution in [2.45, 2.75) is 31.7 Å². The Kier molecular flexibility index (Phi) is 3.78. The first-order valence-electron chi connectivity index (χ1n) is 6.96. The van der Waals surface area contributed by atoms with Crippen molar-refractivity contribution in [2.24, 2.45) is 16.9 Å². The second-order valence-electron chi connectivity index (χ2n) is 5.54. The van der Waals surface area contributed by atoms with E-state index in [2.05, 4.69) is 15.8 Å². The van der Waals surface area contributed by atoms with E-state index in [4.69, 9.17) is 12.2 Å². The van der Waals surface area contributed by atoms with Gasteiger partial charge in [-0.1, -0.05) is 36.8 Å². The molecule has 0 heterocycles. The van der Waals surface area contributed by atoms with Gasteiger partial charge >= 0.3 is 0 Å². The summed E-state index contributed by atoms with van der Waals surface area (Å²) in [7, 11) is 0. The Hall–Kier alpha value is -1.42. The van der Waals surface area contributed by atoms with Gasteiger partial charge < -0.3 is 5.32 Å². The van der Waals surface area contributed by atoms with Crippen molar-refractivity contribution in [3.63, 3.8) is 0 Å². The van der Waals surface area contributed by atoms with Crippen molar-refractivity contribution in [1.29, 1.82) is 0 Å². The minimum atomic E-state index is 0.561. The van der Waals surface area contributed by atoms with Crippen LogP contribution in [0.4, 0.5) is 0 Å². The molecule has 2 N–H and O–H groups in total. The van der Waals surface area contributed by atoms with Crippen LogP contribution >= 0.6 is 12.2 Å². The smallest absolute Gasteiger partial charge is 0.187 e. The summed E-state index contributed by atoms with van der Waals surface area (Å²) in [5.41, 5.74) is 3.97. The molecule has 2 saturated carbocycles. The van der Waals surface area contributed by atoms with Gasteiger partial charge in [-0.15, -0.1) is 0 Å². The lowest BCUT2D eigenvalue weighted by molar-refractivity contribution is 0.389. The van der Waals surface area contributed by atoms with Crippen LogP contribution in [-0.2, 0) is 0 Å². The summed E-state index contributed by atoms with van der Waals surface area (Å²) in [6.45, 7) is 0. The number of hydrogen-bond donors (Lipinski definition) is 2. The van der Waals surface area contributed by atoms with Crippen molar-refractivity contribution >= 4 is 23.5 Å². The molecule has 0 aliphatic heterocycles. The highest BCUT2D eigenvalue weighted by Gasteiger charge is 2.39. The zero-order valence-corrected chi connectivity index (χ0v) is 11.7. The number of thiocarbonyl (C=S) groups is 1. The van der Waals surface area contributed by atoms with E-state index < -0.39 is 0 Å². The molecule has 0 amide bonds. The van der Waals surface area contributed by atoms with Crippen LogP contribution in [0.2, 0.25) is 0 Å². The lowest BCUT2D eigenvalue weighted by atomic mass is 9.96. The summed E-state index contributed by atoms with van der Waals surface area (Å²) in [5, 5.41) is 8.21. The first-order chi connectivity index (χ1) is 9.31. The van der Waals surface area contributed by atoms with Crippen LogP contribution < -0.4 is 10.7 Å². The third-order valence-electron chi connectivity index (χ3n) is 4.23. The predicted molar refractivity (Wildman–Crippen MR) is 82.1 cm³/mol. The minimum Gasteiger partial charge on any atom is -0.358 e. The van der Waals surface area contributed by atoms with Gasteiger partial charge in [0.05, 0.1) is 6.21 Å². The number of fused-ring (bicyclic) bond motifs is 2. The molecule has 1 aromatic carbocycles. The Morgan fingerprint density at radius 2 is 2.05 bits per heavy atom. The number of hydrogen-bond acceptors (Lipinski definition) is 2. The second kappa shape index (κ2) is 5.70. The van der Waals surface area contributed by atoms with Gasteiger partial charge in [0.2, 0.25) is 0 Å². The highest BCUT2D eigenvalue weighted by Crippen LogP contribution is 2.44. The third kappa shape index (κ3) is 3.13. The van der Waals surface area contributed by atoms with Crippen LogP contribution in [0.5, 0.6) is 0 Å². The lowest BCUT2D eigenvalue weighted by Crippen LogP contribution is -2.42. The molecule has 0 aromatic heterocycles. The number of rotatable bonds is 3. The van der Waals surface area contributed by atoms with Crippen LogP contribution in [0, 0.1) is 11.8 Å². The van der Waals surface area contributed by atoms with Crippen LogP contribution in [-0.4, -0.2) is 17.4 Å². The maximum Gasteiger partial charge on any atom is 0.187 e. The maximum atomic E-state index is 5.29. The Morgan fingerprint density at radius 1 is 1.21 bits per heavy atom. The summed E-state index contributed by atoms with van der Waals surface area (Å²) in [6.07, 6.45) is 7.21. The van der Waals surface area contributed by atoms with Gasteiger partial charge in [0.25, 0.3) is 0 Å². The lowest BCUT2D eigenvalue weighted by Gasteiger charge is -2.23. The molecular weight excluding hydrogens is 254 g/mol. The summed E-state index contributed by atoms with van der Waals surface area (Å²) >= 11 is 5.29. The maximum absolute atomic E-state index is 5.29. The SMILES string of the molecule is S=C(N/N=C\c1ccccc1)N[C@@H]1C[C@H]2CC[C@H]1C2. The molecule has 3 rings (SSSR count). The van der Waals surface area contributed by atoms with Gasteiger partial charge in [0, 0.05) is 6.04 Å². The predicted octanol–water partition coefficient (Wildman–Crippen LogP) is 2.67. The molecule has 2 aliphatic carbocycles. The Labute approximate surface area is 119 Å². The van der Waals surface area contributed by atoms with Gasteiger partial charge in [-0.2, -0.15) is 5.10 Å². The first-order valence-corrected chi connectivity index (χ1v) is 7.37. The fourth-order valence-corrected chi connectivity index (χ4v) is 3.53. The van der Waals surface area contributed by atoms with Gasteiger partial charge in [0.1, 0.15) is 0 Å². The number of nitrogens with one attached hydrogen (secondary N) is 2. The van der Waals surface area contributed by atoms with Crippen LogP contribution in [0.3, 0.4) is 0 Å². The molecule has 2 fully saturated rings. The van der Waals surface area contributed by atoms with Crippen LogP contribution in [0.25, 0.3) is 0 Å². The van der Waals surface area contributed by atoms with Gasteiger partial charge in [-0.3, -0.25) is 5.43 Å². The van der Waals surface area contributed by atoms with Crippen molar-refractivity contribution in [3.8, 4) is 0 Å². The van der Waals surface area contributed by atoms with E-state index in [0.717, 1.165) is 17.4 Å². The second-order valence-corrected chi connectivity index (χ2v) is 5.94. The highest BCUT2D eigenvalue weighted by molar-refractivity contribution is 7.80. The van der Waals surface area contributed by atoms with E-state index in [0.29, 0.717) is 11.2 Å². The Morgan fingerprint density at radius 3 is 2.74 bits per heavy atom. The monoisotopic (exact) mass is 273 g/mol. The molecule has 2 bridgehead atoms. The Bertz CT molecular complexity index is 472. The van der Waals surface area contributed by atoms with Crippen LogP contribution in [0.1, 0.15) is 31.2 Å². The summed E-state index contributed by atoms with van der Waals surface area (Å²) in [4.78, 5) is 0. The zero-order valence-electron chi connectivity index (χ0n) is 10.9. The first kappa shape index (κ1) is 12.6. The third-order valence-corrected chi connectivity index (χ3v) is 4.44. The molecule has 0 radical (unpaired) electrons. The van der Waals surface area contributed by atoms with E-state index in [1.807, 2.05) is 30.3 Å². The number of benzene rings is 1. The van der Waals surface area contributed by atoms with Crippen LogP contribution in [0.15, 0.2) is 35.4 Å². The molecule has 0 spiro atoms. The van der Waals surface area contributed by atoms with Crippen molar-refractivity contribution in [3.05, 3.63) is 35.9 Å². The van der Waals surface area contributed by atoms with E-state index >= 15 is 0 Å². The molecule has 0 unspecified atom stereocenters. The summed E-state index contributed by atoms with van der Waals surface area (Å²) in [6, 6.07) is 10.6.